The maximum absolute atomic E-state index is 14.3. The van der Waals surface area contributed by atoms with Crippen LogP contribution < -0.4 is 5.32 Å². The van der Waals surface area contributed by atoms with Gasteiger partial charge in [0.15, 0.2) is 12.6 Å². The molecular formula is C41H78N2O10. The normalized spacial score (nSPS) is 46.3. The molecule has 0 radical (unpaired) electrons. The molecule has 3 saturated heterocycles. The molecule has 0 bridgehead atoms. The van der Waals surface area contributed by atoms with Crippen molar-refractivity contribution in [2.24, 2.45) is 28.6 Å². The topological polar surface area (TPSA) is 137 Å². The summed E-state index contributed by atoms with van der Waals surface area (Å²) in [6.07, 6.45) is -3.12. The summed E-state index contributed by atoms with van der Waals surface area (Å²) in [6.45, 7) is 26.7. The molecule has 53 heavy (non-hydrogen) atoms. The zero-order chi connectivity index (χ0) is 40.4. The van der Waals surface area contributed by atoms with Crippen molar-refractivity contribution >= 4 is 5.97 Å². The molecule has 12 heteroatoms. The van der Waals surface area contributed by atoms with Gasteiger partial charge in [-0.05, 0) is 92.8 Å². The largest absolute Gasteiger partial charge is 0.459 e. The van der Waals surface area contributed by atoms with E-state index in [-0.39, 0.29) is 41.6 Å². The number of nitrogens with one attached hydrogen (secondary N) is 1. The second-order valence-corrected chi connectivity index (χ2v) is 18.7. The lowest BCUT2D eigenvalue weighted by atomic mass is 9.68. The van der Waals surface area contributed by atoms with E-state index >= 15 is 0 Å². The van der Waals surface area contributed by atoms with Crippen molar-refractivity contribution in [2.45, 2.75) is 194 Å². The Morgan fingerprint density at radius 1 is 0.925 bits per heavy atom. The minimum absolute atomic E-state index is 0.0670. The molecule has 0 aliphatic carbocycles. The van der Waals surface area contributed by atoms with Crippen molar-refractivity contribution in [3.05, 3.63) is 0 Å². The second-order valence-electron chi connectivity index (χ2n) is 18.7. The summed E-state index contributed by atoms with van der Waals surface area (Å²) in [5, 5.41) is 26.6. The van der Waals surface area contributed by atoms with Gasteiger partial charge in [-0.25, -0.2) is 0 Å². The Bertz CT molecular complexity index is 1170. The Labute approximate surface area is 321 Å². The van der Waals surface area contributed by atoms with E-state index in [1.807, 2.05) is 34.9 Å². The van der Waals surface area contributed by atoms with Crippen LogP contribution in [0.5, 0.6) is 0 Å². The van der Waals surface area contributed by atoms with Gasteiger partial charge in [0.25, 0.3) is 0 Å². The van der Waals surface area contributed by atoms with Crippen molar-refractivity contribution in [3.63, 3.8) is 0 Å². The van der Waals surface area contributed by atoms with Crippen LogP contribution in [0.2, 0.25) is 0 Å². The number of carbonyl (C=O) groups is 1. The summed E-state index contributed by atoms with van der Waals surface area (Å²) >= 11 is 0. The Hall–Kier alpha value is -0.930. The first-order valence-electron chi connectivity index (χ1n) is 20.1. The van der Waals surface area contributed by atoms with E-state index in [1.54, 1.807) is 21.1 Å². The van der Waals surface area contributed by atoms with Crippen molar-refractivity contribution in [3.8, 4) is 0 Å². The maximum atomic E-state index is 14.3. The summed E-state index contributed by atoms with van der Waals surface area (Å²) in [5.41, 5.74) is -3.07. The predicted molar refractivity (Wildman–Crippen MR) is 205 cm³/mol. The van der Waals surface area contributed by atoms with Gasteiger partial charge in [0.1, 0.15) is 23.9 Å². The van der Waals surface area contributed by atoms with E-state index in [2.05, 4.69) is 65.6 Å². The third kappa shape index (κ3) is 10.1. The molecular weight excluding hydrogens is 680 g/mol. The molecule has 312 valence electrons. The average molecular weight is 759 g/mol. The number of esters is 1. The van der Waals surface area contributed by atoms with Gasteiger partial charge in [-0.1, -0.05) is 48.5 Å². The molecule has 0 aromatic heterocycles. The third-order valence-corrected chi connectivity index (χ3v) is 13.5. The number of rotatable bonds is 8. The van der Waals surface area contributed by atoms with Crippen molar-refractivity contribution in [2.75, 3.05) is 34.9 Å². The fourth-order valence-electron chi connectivity index (χ4n) is 9.27. The molecule has 0 saturated carbocycles. The molecule has 3 rings (SSSR count). The van der Waals surface area contributed by atoms with E-state index in [0.29, 0.717) is 19.4 Å². The van der Waals surface area contributed by atoms with Crippen LogP contribution in [-0.2, 0) is 38.0 Å². The van der Waals surface area contributed by atoms with Crippen LogP contribution in [-0.4, -0.2) is 135 Å². The first-order chi connectivity index (χ1) is 24.4. The Balaban J connectivity index is 2.18. The highest BCUT2D eigenvalue weighted by Crippen LogP contribution is 2.48. The van der Waals surface area contributed by atoms with E-state index < -0.39 is 71.5 Å². The van der Waals surface area contributed by atoms with Gasteiger partial charge in [-0.3, -0.25) is 4.79 Å². The smallest absolute Gasteiger partial charge is 0.311 e. The standard InChI is InChI=1S/C41H78N2O10/c1-18-30-41(13,46)34(44)27(6)42-22-23(2)20-38(8,9)35(53-37-33(47-16)29(43(14)15)19-24(3)49-37)25(4)32(26(5)36(45)51-30)52-31-21-40(12,48-17)39(10,11)28(7)50-31/h23-35,37,42,44,46H,18-22H2,1-17H3/t23?,24?,25?,26?,27?,28?,29?,30-,31?,32?,33?,34?,35?,37?,40?,41?/m1/s1. The number of carbonyl (C=O) groups excluding carboxylic acids is 1. The third-order valence-electron chi connectivity index (χ3n) is 13.5. The lowest BCUT2D eigenvalue weighted by molar-refractivity contribution is -0.319. The average Bonchev–Trinajstić information content (AvgIpc) is 3.07. The summed E-state index contributed by atoms with van der Waals surface area (Å²) in [7, 11) is 7.52. The molecule has 3 aliphatic rings. The molecule has 3 fully saturated rings. The van der Waals surface area contributed by atoms with E-state index in [4.69, 9.17) is 33.2 Å². The van der Waals surface area contributed by atoms with Gasteiger partial charge >= 0.3 is 5.97 Å². The number of cyclic esters (lactones) is 1. The van der Waals surface area contributed by atoms with Crippen LogP contribution in [0.25, 0.3) is 0 Å². The number of aliphatic hydroxyl groups is 2. The second kappa shape index (κ2) is 18.1. The molecule has 3 heterocycles. The van der Waals surface area contributed by atoms with Gasteiger partial charge < -0.3 is 53.6 Å². The van der Waals surface area contributed by atoms with E-state index in [1.165, 1.54) is 6.92 Å². The number of hydrogen-bond acceptors (Lipinski definition) is 12. The zero-order valence-electron chi connectivity index (χ0n) is 36.2. The lowest BCUT2D eigenvalue weighted by Gasteiger charge is -2.53. The Morgan fingerprint density at radius 3 is 2.09 bits per heavy atom. The summed E-state index contributed by atoms with van der Waals surface area (Å²) in [4.78, 5) is 16.5. The highest BCUT2D eigenvalue weighted by Gasteiger charge is 2.54. The maximum Gasteiger partial charge on any atom is 0.311 e. The van der Waals surface area contributed by atoms with Gasteiger partial charge in [0.2, 0.25) is 0 Å². The summed E-state index contributed by atoms with van der Waals surface area (Å²) < 4.78 is 45.7. The SMILES string of the molecule is CC[C@H]1OC(=O)C(C)C(OC2CC(C)(OC)C(C)(C)C(C)O2)C(C)C(OC2OC(C)CC(N(C)C)C2OC)C(C)(C)CC(C)CNC(C)C(O)C1(C)O. The van der Waals surface area contributed by atoms with E-state index in [9.17, 15) is 15.0 Å². The molecule has 15 unspecified atom stereocenters. The fraction of sp³-hybridized carbons (Fsp3) is 0.976. The first-order valence-corrected chi connectivity index (χ1v) is 20.1. The van der Waals surface area contributed by atoms with Gasteiger partial charge in [-0.15, -0.1) is 0 Å². The minimum atomic E-state index is -1.71. The van der Waals surface area contributed by atoms with Crippen LogP contribution in [0.3, 0.4) is 0 Å². The highest BCUT2D eigenvalue weighted by atomic mass is 16.7. The van der Waals surface area contributed by atoms with Crippen LogP contribution in [0.15, 0.2) is 0 Å². The molecule has 0 aromatic rings. The van der Waals surface area contributed by atoms with Gasteiger partial charge in [0, 0.05) is 44.1 Å². The minimum Gasteiger partial charge on any atom is -0.459 e. The van der Waals surface area contributed by atoms with Gasteiger partial charge in [0.05, 0.1) is 35.9 Å². The summed E-state index contributed by atoms with van der Waals surface area (Å²) in [6, 6.07) is -0.405. The van der Waals surface area contributed by atoms with E-state index in [0.717, 1.165) is 12.8 Å². The molecule has 0 amide bonds. The molecule has 3 N–H and O–H groups in total. The fourth-order valence-corrected chi connectivity index (χ4v) is 9.27. The number of nitrogens with zero attached hydrogens (tertiary/aromatic N) is 1. The number of aliphatic hydroxyl groups excluding tert-OH is 1. The summed E-state index contributed by atoms with van der Waals surface area (Å²) in [5.74, 6) is -1.59. The number of ether oxygens (including phenoxy) is 7. The zero-order valence-corrected chi connectivity index (χ0v) is 36.2. The molecule has 3 aliphatic heterocycles. The van der Waals surface area contributed by atoms with Crippen LogP contribution in [0.4, 0.5) is 0 Å². The molecule has 0 spiro atoms. The predicted octanol–water partition coefficient (Wildman–Crippen LogP) is 5.15. The molecule has 12 nitrogen and oxygen atoms in total. The number of hydrogen-bond donors (Lipinski definition) is 3. The lowest BCUT2D eigenvalue weighted by Crippen LogP contribution is -2.60. The first kappa shape index (κ1) is 46.5. The monoisotopic (exact) mass is 759 g/mol. The van der Waals surface area contributed by atoms with Crippen LogP contribution in [0.1, 0.15) is 116 Å². The number of likely N-dealkylation sites (N-methyl/N-ethyl adjacent to an activating group) is 1. The van der Waals surface area contributed by atoms with Crippen LogP contribution >= 0.6 is 0 Å². The van der Waals surface area contributed by atoms with Crippen LogP contribution in [0, 0.1) is 28.6 Å². The molecule has 16 atom stereocenters. The Morgan fingerprint density at radius 2 is 1.55 bits per heavy atom. The van der Waals surface area contributed by atoms with Crippen molar-refractivity contribution in [1.82, 2.24) is 10.2 Å². The quantitative estimate of drug-likeness (QED) is 0.283. The highest BCUT2D eigenvalue weighted by molar-refractivity contribution is 5.73. The Kier molecular flexibility index (Phi) is 15.9. The number of methoxy groups -OCH3 is 2. The van der Waals surface area contributed by atoms with Gasteiger partial charge in [-0.2, -0.15) is 0 Å². The van der Waals surface area contributed by atoms with Crippen molar-refractivity contribution in [1.29, 1.82) is 0 Å². The van der Waals surface area contributed by atoms with Crippen molar-refractivity contribution < 1.29 is 48.2 Å². The molecule has 0 aromatic carbocycles.